The lowest BCUT2D eigenvalue weighted by Gasteiger charge is -2.13. The van der Waals surface area contributed by atoms with Crippen LogP contribution in [0.25, 0.3) is 11.3 Å². The molecule has 0 saturated carbocycles. The molecule has 12 heteroatoms. The summed E-state index contributed by atoms with van der Waals surface area (Å²) in [5.74, 6) is -0.356. The van der Waals surface area contributed by atoms with Crippen molar-refractivity contribution in [3.8, 4) is 11.3 Å². The summed E-state index contributed by atoms with van der Waals surface area (Å²) in [6.45, 7) is -0.323. The molecular formula is C21H12F9NO2. The van der Waals surface area contributed by atoms with Crippen molar-refractivity contribution >= 4 is 6.21 Å². The standard InChI is InChI=1S/C21H12F9NO2/c22-19(23,24)14-3-1-2-12(6-14)11-32-31-10-17-4-5-18(33-17)13-7-15(20(25,26)27)9-16(8-13)21(28,29)30/h1-10H,11H2/b31-10-. The molecule has 176 valence electrons. The molecule has 0 saturated heterocycles. The minimum atomic E-state index is -5.01. The molecule has 0 aliphatic carbocycles. The van der Waals surface area contributed by atoms with E-state index in [0.29, 0.717) is 12.1 Å². The first-order valence-electron chi connectivity index (χ1n) is 8.94. The van der Waals surface area contributed by atoms with Crippen LogP contribution in [-0.4, -0.2) is 6.21 Å². The molecule has 0 spiro atoms. The Balaban J connectivity index is 1.74. The summed E-state index contributed by atoms with van der Waals surface area (Å²) < 4.78 is 121. The van der Waals surface area contributed by atoms with Crippen LogP contribution in [0.3, 0.4) is 0 Å². The van der Waals surface area contributed by atoms with Crippen molar-refractivity contribution in [2.75, 3.05) is 0 Å². The van der Waals surface area contributed by atoms with Crippen molar-refractivity contribution in [1.29, 1.82) is 0 Å². The molecule has 1 aromatic heterocycles. The third kappa shape index (κ3) is 6.30. The van der Waals surface area contributed by atoms with Crippen molar-refractivity contribution in [3.63, 3.8) is 0 Å². The first-order chi connectivity index (χ1) is 15.2. The number of benzene rings is 2. The highest BCUT2D eigenvalue weighted by Gasteiger charge is 2.37. The number of furan rings is 1. The molecule has 0 bridgehead atoms. The molecule has 0 aliphatic rings. The quantitative estimate of drug-likeness (QED) is 0.214. The second kappa shape index (κ2) is 8.83. The van der Waals surface area contributed by atoms with E-state index in [4.69, 9.17) is 9.25 Å². The van der Waals surface area contributed by atoms with Gasteiger partial charge in [-0.1, -0.05) is 17.3 Å². The zero-order valence-corrected chi connectivity index (χ0v) is 16.1. The topological polar surface area (TPSA) is 34.7 Å². The molecule has 3 nitrogen and oxygen atoms in total. The molecule has 1 heterocycles. The molecule has 3 rings (SSSR count). The lowest BCUT2D eigenvalue weighted by molar-refractivity contribution is -0.143. The lowest BCUT2D eigenvalue weighted by Crippen LogP contribution is -2.11. The Bertz CT molecular complexity index is 1110. The third-order valence-corrected chi connectivity index (χ3v) is 4.24. The zero-order chi connectivity index (χ0) is 24.4. The number of alkyl halides is 9. The average molecular weight is 481 g/mol. The summed E-state index contributed by atoms with van der Waals surface area (Å²) in [4.78, 5) is 4.88. The number of oxime groups is 1. The Labute approximate surface area is 180 Å². The first-order valence-corrected chi connectivity index (χ1v) is 8.94. The van der Waals surface area contributed by atoms with Gasteiger partial charge in [0.15, 0.2) is 0 Å². The Hall–Kier alpha value is -3.44. The van der Waals surface area contributed by atoms with Gasteiger partial charge in [-0.05, 0) is 48.0 Å². The normalized spacial score (nSPS) is 13.0. The van der Waals surface area contributed by atoms with Gasteiger partial charge in [-0.25, -0.2) is 0 Å². The predicted molar refractivity (Wildman–Crippen MR) is 98.0 cm³/mol. The van der Waals surface area contributed by atoms with Gasteiger partial charge in [0, 0.05) is 5.56 Å². The van der Waals surface area contributed by atoms with Crippen molar-refractivity contribution in [3.05, 3.63) is 82.6 Å². The molecule has 0 unspecified atom stereocenters. The predicted octanol–water partition coefficient (Wildman–Crippen LogP) is 7.55. The number of nitrogens with zero attached hydrogens (tertiary/aromatic N) is 1. The molecule has 0 aliphatic heterocycles. The van der Waals surface area contributed by atoms with E-state index in [1.165, 1.54) is 18.2 Å². The Morgan fingerprint density at radius 2 is 1.33 bits per heavy atom. The van der Waals surface area contributed by atoms with E-state index in [1.807, 2.05) is 0 Å². The summed E-state index contributed by atoms with van der Waals surface area (Å²) in [5.41, 5.74) is -4.15. The summed E-state index contributed by atoms with van der Waals surface area (Å²) >= 11 is 0. The number of hydrogen-bond donors (Lipinski definition) is 0. The van der Waals surface area contributed by atoms with Crippen LogP contribution in [0, 0.1) is 0 Å². The van der Waals surface area contributed by atoms with E-state index in [2.05, 4.69) is 5.16 Å². The summed E-state index contributed by atoms with van der Waals surface area (Å²) in [6, 6.07) is 7.70. The fourth-order valence-corrected chi connectivity index (χ4v) is 2.71. The number of halogens is 9. The lowest BCUT2D eigenvalue weighted by atomic mass is 10.0. The Morgan fingerprint density at radius 3 is 1.91 bits per heavy atom. The molecule has 0 fully saturated rings. The molecule has 2 aromatic carbocycles. The maximum absolute atomic E-state index is 13.0. The van der Waals surface area contributed by atoms with Crippen LogP contribution in [0.5, 0.6) is 0 Å². The minimum Gasteiger partial charge on any atom is -0.455 e. The highest BCUT2D eigenvalue weighted by molar-refractivity contribution is 5.77. The third-order valence-electron chi connectivity index (χ3n) is 4.24. The van der Waals surface area contributed by atoms with Crippen LogP contribution < -0.4 is 0 Å². The van der Waals surface area contributed by atoms with Crippen molar-refractivity contribution < 1.29 is 48.8 Å². The molecule has 33 heavy (non-hydrogen) atoms. The van der Waals surface area contributed by atoms with E-state index in [0.717, 1.165) is 24.4 Å². The fraction of sp³-hybridized carbons (Fsp3) is 0.190. The number of hydrogen-bond acceptors (Lipinski definition) is 3. The molecular weight excluding hydrogens is 469 g/mol. The van der Waals surface area contributed by atoms with Gasteiger partial charge in [0.2, 0.25) is 0 Å². The van der Waals surface area contributed by atoms with E-state index in [1.54, 1.807) is 0 Å². The van der Waals surface area contributed by atoms with E-state index < -0.39 is 40.8 Å². The van der Waals surface area contributed by atoms with Gasteiger partial charge in [0.05, 0.1) is 16.7 Å². The number of rotatable bonds is 5. The summed E-state index contributed by atoms with van der Waals surface area (Å²) in [7, 11) is 0. The maximum Gasteiger partial charge on any atom is 0.416 e. The van der Waals surface area contributed by atoms with Crippen LogP contribution >= 0.6 is 0 Å². The van der Waals surface area contributed by atoms with Gasteiger partial charge in [0.1, 0.15) is 24.3 Å². The second-order valence-corrected chi connectivity index (χ2v) is 6.70. The van der Waals surface area contributed by atoms with Gasteiger partial charge >= 0.3 is 18.5 Å². The average Bonchev–Trinajstić information content (AvgIpc) is 3.18. The van der Waals surface area contributed by atoms with Crippen LogP contribution in [0.1, 0.15) is 28.0 Å². The van der Waals surface area contributed by atoms with Gasteiger partial charge in [-0.2, -0.15) is 39.5 Å². The summed E-state index contributed by atoms with van der Waals surface area (Å²) in [6.07, 6.45) is -13.6. The maximum atomic E-state index is 13.0. The SMILES string of the molecule is FC(F)(F)c1cccc(CO/N=C\c2ccc(-c3cc(C(F)(F)F)cc(C(F)(F)F)c3)o2)c1. The largest absolute Gasteiger partial charge is 0.455 e. The van der Waals surface area contributed by atoms with Crippen LogP contribution in [0.15, 0.2) is 64.2 Å². The van der Waals surface area contributed by atoms with Gasteiger partial charge in [-0.15, -0.1) is 0 Å². The highest BCUT2D eigenvalue weighted by atomic mass is 19.4. The highest BCUT2D eigenvalue weighted by Crippen LogP contribution is 2.39. The summed E-state index contributed by atoms with van der Waals surface area (Å²) in [5, 5.41) is 3.49. The minimum absolute atomic E-state index is 0.00354. The van der Waals surface area contributed by atoms with E-state index in [-0.39, 0.29) is 29.8 Å². The van der Waals surface area contributed by atoms with Crippen molar-refractivity contribution in [2.45, 2.75) is 25.1 Å². The van der Waals surface area contributed by atoms with E-state index in [9.17, 15) is 39.5 Å². The molecule has 0 N–H and O–H groups in total. The molecule has 0 radical (unpaired) electrons. The fourth-order valence-electron chi connectivity index (χ4n) is 2.71. The van der Waals surface area contributed by atoms with Crippen molar-refractivity contribution in [2.24, 2.45) is 5.16 Å². The smallest absolute Gasteiger partial charge is 0.416 e. The Kier molecular flexibility index (Phi) is 6.48. The molecule has 0 amide bonds. The second-order valence-electron chi connectivity index (χ2n) is 6.70. The molecule has 3 aromatic rings. The van der Waals surface area contributed by atoms with Crippen molar-refractivity contribution in [1.82, 2.24) is 0 Å². The van der Waals surface area contributed by atoms with Gasteiger partial charge in [0.25, 0.3) is 0 Å². The van der Waals surface area contributed by atoms with Crippen LogP contribution in [0.4, 0.5) is 39.5 Å². The van der Waals surface area contributed by atoms with Gasteiger partial charge in [-0.3, -0.25) is 0 Å². The van der Waals surface area contributed by atoms with E-state index >= 15 is 0 Å². The van der Waals surface area contributed by atoms with Gasteiger partial charge < -0.3 is 9.25 Å². The monoisotopic (exact) mass is 481 g/mol. The van der Waals surface area contributed by atoms with Crippen LogP contribution in [-0.2, 0) is 30.0 Å². The Morgan fingerprint density at radius 1 is 0.727 bits per heavy atom. The zero-order valence-electron chi connectivity index (χ0n) is 16.1. The molecule has 0 atom stereocenters. The first kappa shape index (κ1) is 24.2. The van der Waals surface area contributed by atoms with Crippen LogP contribution in [0.2, 0.25) is 0 Å².